The zero-order valence-electron chi connectivity index (χ0n) is 14.0. The molecule has 0 bridgehead atoms. The van der Waals surface area contributed by atoms with E-state index in [2.05, 4.69) is 10.3 Å². The standard InChI is InChI=1S/C20H13N3O3S/c24-20(21-13-6-2-1-3-7-13)15-12-17(18-10-11-19(27-18)23(25)26)22-16-9-5-4-8-14(15)16/h1-12H,(H,21,24). The van der Waals surface area contributed by atoms with Gasteiger partial charge in [-0.1, -0.05) is 47.7 Å². The first-order chi connectivity index (χ1) is 13.1. The Bertz CT molecular complexity index is 1160. The molecular formula is C20H13N3O3S. The first-order valence-electron chi connectivity index (χ1n) is 8.12. The highest BCUT2D eigenvalue weighted by molar-refractivity contribution is 7.18. The summed E-state index contributed by atoms with van der Waals surface area (Å²) in [5.41, 5.74) is 2.35. The summed E-state index contributed by atoms with van der Waals surface area (Å²) < 4.78 is 0. The van der Waals surface area contributed by atoms with Crippen LogP contribution in [-0.2, 0) is 0 Å². The number of para-hydroxylation sites is 2. The van der Waals surface area contributed by atoms with E-state index in [-0.39, 0.29) is 10.9 Å². The van der Waals surface area contributed by atoms with Crippen molar-refractivity contribution >= 4 is 38.8 Å². The van der Waals surface area contributed by atoms with Gasteiger partial charge in [0, 0.05) is 17.1 Å². The van der Waals surface area contributed by atoms with Crippen LogP contribution < -0.4 is 5.32 Å². The molecule has 4 rings (SSSR count). The molecule has 2 heterocycles. The summed E-state index contributed by atoms with van der Waals surface area (Å²) in [6, 6.07) is 21.3. The summed E-state index contributed by atoms with van der Waals surface area (Å²) >= 11 is 1.03. The normalized spacial score (nSPS) is 10.7. The number of anilines is 1. The van der Waals surface area contributed by atoms with Gasteiger partial charge in [0.15, 0.2) is 0 Å². The highest BCUT2D eigenvalue weighted by Gasteiger charge is 2.17. The molecule has 0 aliphatic rings. The minimum atomic E-state index is -0.432. The summed E-state index contributed by atoms with van der Waals surface area (Å²) in [6.45, 7) is 0. The largest absolute Gasteiger partial charge is 0.324 e. The third kappa shape index (κ3) is 3.40. The summed E-state index contributed by atoms with van der Waals surface area (Å²) in [5.74, 6) is -0.257. The highest BCUT2D eigenvalue weighted by atomic mass is 32.1. The molecule has 0 aliphatic heterocycles. The quantitative estimate of drug-likeness (QED) is 0.396. The average molecular weight is 375 g/mol. The van der Waals surface area contributed by atoms with Gasteiger partial charge in [0.05, 0.1) is 26.6 Å². The third-order valence-electron chi connectivity index (χ3n) is 4.02. The lowest BCUT2D eigenvalue weighted by atomic mass is 10.1. The molecule has 0 saturated heterocycles. The lowest BCUT2D eigenvalue weighted by molar-refractivity contribution is -0.380. The Kier molecular flexibility index (Phi) is 4.35. The molecule has 4 aromatic rings. The van der Waals surface area contributed by atoms with Gasteiger partial charge in [-0.3, -0.25) is 14.9 Å². The third-order valence-corrected chi connectivity index (χ3v) is 5.08. The summed E-state index contributed by atoms with van der Waals surface area (Å²) in [4.78, 5) is 28.6. The van der Waals surface area contributed by atoms with Crippen LogP contribution in [0.1, 0.15) is 10.4 Å². The monoisotopic (exact) mass is 375 g/mol. The fraction of sp³-hybridized carbons (Fsp3) is 0. The fourth-order valence-electron chi connectivity index (χ4n) is 2.77. The van der Waals surface area contributed by atoms with Gasteiger partial charge in [0.25, 0.3) is 5.91 Å². The van der Waals surface area contributed by atoms with Gasteiger partial charge in [-0.25, -0.2) is 4.98 Å². The maximum absolute atomic E-state index is 12.9. The van der Waals surface area contributed by atoms with Crippen LogP contribution in [0.2, 0.25) is 0 Å². The van der Waals surface area contributed by atoms with Crippen molar-refractivity contribution in [3.8, 4) is 10.6 Å². The molecule has 27 heavy (non-hydrogen) atoms. The summed E-state index contributed by atoms with van der Waals surface area (Å²) in [7, 11) is 0. The number of thiophene rings is 1. The van der Waals surface area contributed by atoms with Crippen LogP contribution in [0.4, 0.5) is 10.7 Å². The molecule has 0 radical (unpaired) electrons. The number of carbonyl (C=O) groups is 1. The number of benzene rings is 2. The van der Waals surface area contributed by atoms with Gasteiger partial charge in [-0.05, 0) is 30.3 Å². The molecule has 1 N–H and O–H groups in total. The predicted molar refractivity (Wildman–Crippen MR) is 106 cm³/mol. The van der Waals surface area contributed by atoms with Crippen molar-refractivity contribution in [2.24, 2.45) is 0 Å². The van der Waals surface area contributed by atoms with Gasteiger partial charge in [-0.2, -0.15) is 0 Å². The van der Waals surface area contributed by atoms with Gasteiger partial charge < -0.3 is 5.32 Å². The molecule has 6 nitrogen and oxygen atoms in total. The van der Waals surface area contributed by atoms with E-state index in [0.717, 1.165) is 16.7 Å². The van der Waals surface area contributed by atoms with Crippen LogP contribution >= 0.6 is 11.3 Å². The van der Waals surface area contributed by atoms with Crippen molar-refractivity contribution in [2.45, 2.75) is 0 Å². The molecule has 2 aromatic carbocycles. The SMILES string of the molecule is O=C(Nc1ccccc1)c1cc(-c2ccc([N+](=O)[O-])s2)nc2ccccc12. The molecule has 0 unspecified atom stereocenters. The van der Waals surface area contributed by atoms with E-state index in [1.165, 1.54) is 6.07 Å². The minimum absolute atomic E-state index is 0.0373. The Labute approximate surface area is 158 Å². The number of amides is 1. The van der Waals surface area contributed by atoms with Crippen LogP contribution in [0.3, 0.4) is 0 Å². The molecular weight excluding hydrogens is 362 g/mol. The number of pyridine rings is 1. The molecule has 0 aliphatic carbocycles. The molecule has 7 heteroatoms. The lowest BCUT2D eigenvalue weighted by Crippen LogP contribution is -2.13. The Hall–Kier alpha value is -3.58. The van der Waals surface area contributed by atoms with Crippen molar-refractivity contribution in [1.82, 2.24) is 4.98 Å². The number of aromatic nitrogens is 1. The molecule has 2 aromatic heterocycles. The second-order valence-corrected chi connectivity index (χ2v) is 6.85. The maximum Gasteiger partial charge on any atom is 0.324 e. The average Bonchev–Trinajstić information content (AvgIpc) is 3.18. The van der Waals surface area contributed by atoms with Crippen molar-refractivity contribution < 1.29 is 9.72 Å². The Morgan fingerprint density at radius 1 is 1.00 bits per heavy atom. The van der Waals surface area contributed by atoms with Gasteiger partial charge >= 0.3 is 5.00 Å². The van der Waals surface area contributed by atoms with E-state index in [1.807, 2.05) is 54.6 Å². The first-order valence-corrected chi connectivity index (χ1v) is 8.94. The number of rotatable bonds is 4. The van der Waals surface area contributed by atoms with Crippen molar-refractivity contribution in [3.63, 3.8) is 0 Å². The maximum atomic E-state index is 12.9. The summed E-state index contributed by atoms with van der Waals surface area (Å²) in [5, 5.41) is 14.6. The fourth-order valence-corrected chi connectivity index (χ4v) is 3.55. The molecule has 0 saturated carbocycles. The number of carbonyl (C=O) groups excluding carboxylic acids is 1. The van der Waals surface area contributed by atoms with Crippen molar-refractivity contribution in [1.29, 1.82) is 0 Å². The zero-order valence-corrected chi connectivity index (χ0v) is 14.8. The number of hydrogen-bond donors (Lipinski definition) is 1. The van der Waals surface area contributed by atoms with E-state index in [0.29, 0.717) is 27.3 Å². The van der Waals surface area contributed by atoms with Gasteiger partial charge in [0.2, 0.25) is 0 Å². The Morgan fingerprint density at radius 2 is 1.74 bits per heavy atom. The highest BCUT2D eigenvalue weighted by Crippen LogP contribution is 2.33. The van der Waals surface area contributed by atoms with E-state index in [9.17, 15) is 14.9 Å². The van der Waals surface area contributed by atoms with E-state index in [1.54, 1.807) is 12.1 Å². The number of hydrogen-bond acceptors (Lipinski definition) is 5. The molecule has 0 atom stereocenters. The van der Waals surface area contributed by atoms with Crippen molar-refractivity contribution in [2.75, 3.05) is 5.32 Å². The minimum Gasteiger partial charge on any atom is -0.322 e. The second kappa shape index (κ2) is 6.97. The van der Waals surface area contributed by atoms with Crippen LogP contribution in [0, 0.1) is 10.1 Å². The number of nitrogens with one attached hydrogen (secondary N) is 1. The molecule has 0 fully saturated rings. The smallest absolute Gasteiger partial charge is 0.322 e. The van der Waals surface area contributed by atoms with E-state index >= 15 is 0 Å². The Balaban J connectivity index is 1.80. The Morgan fingerprint density at radius 3 is 2.48 bits per heavy atom. The van der Waals surface area contributed by atoms with Crippen LogP contribution in [0.25, 0.3) is 21.5 Å². The van der Waals surface area contributed by atoms with Crippen LogP contribution in [0.15, 0.2) is 72.8 Å². The van der Waals surface area contributed by atoms with Crippen LogP contribution in [0.5, 0.6) is 0 Å². The molecule has 0 spiro atoms. The number of nitrogens with zero attached hydrogens (tertiary/aromatic N) is 2. The van der Waals surface area contributed by atoms with Crippen molar-refractivity contribution in [3.05, 3.63) is 88.5 Å². The van der Waals surface area contributed by atoms with Gasteiger partial charge in [-0.15, -0.1) is 0 Å². The lowest BCUT2D eigenvalue weighted by Gasteiger charge is -2.10. The van der Waals surface area contributed by atoms with E-state index in [4.69, 9.17) is 0 Å². The molecule has 1 amide bonds. The number of fused-ring (bicyclic) bond motifs is 1. The van der Waals surface area contributed by atoms with Crippen LogP contribution in [-0.4, -0.2) is 15.8 Å². The molecule has 132 valence electrons. The first kappa shape index (κ1) is 16.9. The summed E-state index contributed by atoms with van der Waals surface area (Å²) in [6.07, 6.45) is 0. The second-order valence-electron chi connectivity index (χ2n) is 5.79. The predicted octanol–water partition coefficient (Wildman–Crippen LogP) is 5.12. The zero-order chi connectivity index (χ0) is 18.8. The van der Waals surface area contributed by atoms with Gasteiger partial charge in [0.1, 0.15) is 0 Å². The topological polar surface area (TPSA) is 85.1 Å². The van der Waals surface area contributed by atoms with E-state index < -0.39 is 4.92 Å². The number of nitro groups is 1.